The molecule has 0 aliphatic heterocycles. The fraction of sp³-hybridized carbons (Fsp3) is 0.267. The molecule has 0 saturated carbocycles. The number of nitrogens with zero attached hydrogens (tertiary/aromatic N) is 3. The van der Waals surface area contributed by atoms with Gasteiger partial charge in [0, 0.05) is 25.9 Å². The molecule has 2 amide bonds. The van der Waals surface area contributed by atoms with E-state index in [1.807, 2.05) is 5.32 Å². The number of aryl methyl sites for hydroxylation is 1. The Morgan fingerprint density at radius 2 is 1.91 bits per heavy atom. The lowest BCUT2D eigenvalue weighted by atomic mass is 10.1. The lowest BCUT2D eigenvalue weighted by Crippen LogP contribution is -2.38. The normalized spacial score (nSPS) is 11.9. The van der Waals surface area contributed by atoms with E-state index in [4.69, 9.17) is 0 Å². The molecule has 0 aliphatic carbocycles. The zero-order valence-corrected chi connectivity index (χ0v) is 12.9. The molecule has 0 unspecified atom stereocenters. The number of carbonyl (C=O) groups excluding carboxylic acids is 2. The lowest BCUT2D eigenvalue weighted by molar-refractivity contribution is -0.143. The van der Waals surface area contributed by atoms with Crippen LogP contribution in [-0.2, 0) is 16.6 Å². The van der Waals surface area contributed by atoms with Crippen LogP contribution in [0.25, 0.3) is 0 Å². The molecule has 6 nitrogen and oxygen atoms in total. The van der Waals surface area contributed by atoms with Crippen LogP contribution in [0.4, 0.5) is 14.5 Å². The molecule has 1 aromatic carbocycles. The number of amides is 2. The maximum atomic E-state index is 13.5. The molecular formula is C15H16F2N4O2. The molecule has 0 saturated heterocycles. The van der Waals surface area contributed by atoms with Gasteiger partial charge in [-0.05, 0) is 19.1 Å². The third kappa shape index (κ3) is 3.53. The average Bonchev–Trinajstić information content (AvgIpc) is 2.95. The molecule has 0 radical (unpaired) electrons. The van der Waals surface area contributed by atoms with E-state index in [-0.39, 0.29) is 0 Å². The number of hydrogen-bond acceptors (Lipinski definition) is 3. The van der Waals surface area contributed by atoms with Gasteiger partial charge in [-0.3, -0.25) is 14.3 Å². The van der Waals surface area contributed by atoms with Crippen molar-refractivity contribution in [1.29, 1.82) is 0 Å². The molecule has 122 valence electrons. The SMILES string of the molecule is C[C@@H](c1cnn(C)c1)N(C)C(=O)C(=O)Nc1c(F)cccc1F. The summed E-state index contributed by atoms with van der Waals surface area (Å²) in [6.07, 6.45) is 3.28. The van der Waals surface area contributed by atoms with E-state index < -0.39 is 35.2 Å². The Labute approximate surface area is 131 Å². The molecular weight excluding hydrogens is 306 g/mol. The molecule has 1 heterocycles. The molecule has 2 rings (SSSR count). The molecule has 1 N–H and O–H groups in total. The number of hydrogen-bond donors (Lipinski definition) is 1. The Morgan fingerprint density at radius 1 is 1.30 bits per heavy atom. The Bertz CT molecular complexity index is 725. The second kappa shape index (κ2) is 6.55. The van der Waals surface area contributed by atoms with E-state index in [0.717, 1.165) is 17.7 Å². The van der Waals surface area contributed by atoms with Crippen molar-refractivity contribution in [2.75, 3.05) is 12.4 Å². The van der Waals surface area contributed by atoms with Crippen LogP contribution in [0.15, 0.2) is 30.6 Å². The quantitative estimate of drug-likeness (QED) is 0.877. The minimum Gasteiger partial charge on any atom is -0.331 e. The van der Waals surface area contributed by atoms with Crippen molar-refractivity contribution >= 4 is 17.5 Å². The highest BCUT2D eigenvalue weighted by atomic mass is 19.1. The summed E-state index contributed by atoms with van der Waals surface area (Å²) in [6, 6.07) is 2.72. The van der Waals surface area contributed by atoms with Crippen molar-refractivity contribution < 1.29 is 18.4 Å². The number of nitrogens with one attached hydrogen (secondary N) is 1. The minimum absolute atomic E-state index is 0.424. The maximum Gasteiger partial charge on any atom is 0.314 e. The minimum atomic E-state index is -1.12. The molecule has 0 fully saturated rings. The number of anilines is 1. The van der Waals surface area contributed by atoms with Gasteiger partial charge in [0.2, 0.25) is 0 Å². The van der Waals surface area contributed by atoms with Gasteiger partial charge in [-0.25, -0.2) is 8.78 Å². The first-order chi connectivity index (χ1) is 10.8. The number of benzene rings is 1. The summed E-state index contributed by atoms with van der Waals surface area (Å²) in [5.41, 5.74) is 0.0847. The van der Waals surface area contributed by atoms with Crippen LogP contribution in [0.1, 0.15) is 18.5 Å². The molecule has 8 heteroatoms. The van der Waals surface area contributed by atoms with Gasteiger partial charge in [0.05, 0.1) is 12.2 Å². The molecule has 0 spiro atoms. The van der Waals surface area contributed by atoms with E-state index in [0.29, 0.717) is 0 Å². The highest BCUT2D eigenvalue weighted by molar-refractivity contribution is 6.39. The number of carbonyl (C=O) groups is 2. The van der Waals surface area contributed by atoms with Gasteiger partial charge >= 0.3 is 11.8 Å². The Morgan fingerprint density at radius 3 is 2.43 bits per heavy atom. The fourth-order valence-corrected chi connectivity index (χ4v) is 2.00. The van der Waals surface area contributed by atoms with Crippen molar-refractivity contribution in [3.63, 3.8) is 0 Å². The van der Waals surface area contributed by atoms with Crippen LogP contribution in [0.2, 0.25) is 0 Å². The first-order valence-electron chi connectivity index (χ1n) is 6.82. The van der Waals surface area contributed by atoms with Crippen LogP contribution in [0.5, 0.6) is 0 Å². The fourth-order valence-electron chi connectivity index (χ4n) is 2.00. The summed E-state index contributed by atoms with van der Waals surface area (Å²) >= 11 is 0. The molecule has 23 heavy (non-hydrogen) atoms. The van der Waals surface area contributed by atoms with Crippen molar-refractivity contribution in [3.05, 3.63) is 47.8 Å². The van der Waals surface area contributed by atoms with Gasteiger partial charge in [0.25, 0.3) is 0 Å². The zero-order chi connectivity index (χ0) is 17.1. The van der Waals surface area contributed by atoms with Gasteiger partial charge in [-0.1, -0.05) is 6.07 Å². The van der Waals surface area contributed by atoms with E-state index in [2.05, 4.69) is 5.10 Å². The Hall–Kier alpha value is -2.77. The number of para-hydroxylation sites is 1. The second-order valence-electron chi connectivity index (χ2n) is 5.09. The highest BCUT2D eigenvalue weighted by Gasteiger charge is 2.26. The van der Waals surface area contributed by atoms with Crippen LogP contribution >= 0.6 is 0 Å². The standard InChI is InChI=1S/C15H16F2N4O2/c1-9(10-7-18-20(2)8-10)21(3)15(23)14(22)19-13-11(16)5-4-6-12(13)17/h4-9H,1-3H3,(H,19,22)/t9-/m0/s1. The molecule has 0 aliphatic rings. The first-order valence-corrected chi connectivity index (χ1v) is 6.82. The predicted molar refractivity (Wildman–Crippen MR) is 79.4 cm³/mol. The largest absolute Gasteiger partial charge is 0.331 e. The summed E-state index contributed by atoms with van der Waals surface area (Å²) in [5, 5.41) is 5.96. The third-order valence-electron chi connectivity index (χ3n) is 3.50. The smallest absolute Gasteiger partial charge is 0.314 e. The van der Waals surface area contributed by atoms with Gasteiger partial charge in [-0.2, -0.15) is 5.10 Å². The van der Waals surface area contributed by atoms with Crippen LogP contribution < -0.4 is 5.32 Å². The van der Waals surface area contributed by atoms with Crippen LogP contribution in [-0.4, -0.2) is 33.5 Å². The summed E-state index contributed by atoms with van der Waals surface area (Å²) in [7, 11) is 3.16. The van der Waals surface area contributed by atoms with Gasteiger partial charge in [-0.15, -0.1) is 0 Å². The average molecular weight is 322 g/mol. The van der Waals surface area contributed by atoms with E-state index >= 15 is 0 Å². The molecule has 1 aromatic heterocycles. The van der Waals surface area contributed by atoms with E-state index in [9.17, 15) is 18.4 Å². The Balaban J connectivity index is 2.11. The van der Waals surface area contributed by atoms with Gasteiger partial charge < -0.3 is 10.2 Å². The number of aromatic nitrogens is 2. The van der Waals surface area contributed by atoms with Crippen LogP contribution in [0, 0.1) is 11.6 Å². The van der Waals surface area contributed by atoms with E-state index in [1.165, 1.54) is 18.0 Å². The zero-order valence-electron chi connectivity index (χ0n) is 12.9. The summed E-state index contributed by atoms with van der Waals surface area (Å²) in [5.74, 6) is -3.93. The summed E-state index contributed by atoms with van der Waals surface area (Å²) in [6.45, 7) is 1.71. The van der Waals surface area contributed by atoms with E-state index in [1.54, 1.807) is 31.0 Å². The molecule has 1 atom stereocenters. The van der Waals surface area contributed by atoms with Crippen molar-refractivity contribution in [2.45, 2.75) is 13.0 Å². The maximum absolute atomic E-state index is 13.5. The number of likely N-dealkylation sites (N-methyl/N-ethyl adjacent to an activating group) is 1. The number of halogens is 2. The molecule has 2 aromatic rings. The highest BCUT2D eigenvalue weighted by Crippen LogP contribution is 2.20. The monoisotopic (exact) mass is 322 g/mol. The summed E-state index contributed by atoms with van der Waals surface area (Å²) in [4.78, 5) is 25.2. The third-order valence-corrected chi connectivity index (χ3v) is 3.50. The van der Waals surface area contributed by atoms with Crippen molar-refractivity contribution in [3.8, 4) is 0 Å². The van der Waals surface area contributed by atoms with Gasteiger partial charge in [0.1, 0.15) is 17.3 Å². The lowest BCUT2D eigenvalue weighted by Gasteiger charge is -2.23. The predicted octanol–water partition coefficient (Wildman–Crippen LogP) is 1.86. The topological polar surface area (TPSA) is 67.2 Å². The van der Waals surface area contributed by atoms with Crippen molar-refractivity contribution in [2.24, 2.45) is 7.05 Å². The number of rotatable bonds is 3. The van der Waals surface area contributed by atoms with Crippen LogP contribution in [0.3, 0.4) is 0 Å². The van der Waals surface area contributed by atoms with Gasteiger partial charge in [0.15, 0.2) is 0 Å². The van der Waals surface area contributed by atoms with Crippen molar-refractivity contribution in [1.82, 2.24) is 14.7 Å². The first kappa shape index (κ1) is 16.6. The second-order valence-corrected chi connectivity index (χ2v) is 5.09. The summed E-state index contributed by atoms with van der Waals surface area (Å²) < 4.78 is 28.6. The molecule has 0 bridgehead atoms. The Kier molecular flexibility index (Phi) is 4.73.